The number of aryl methyl sites for hydroxylation is 1. The van der Waals surface area contributed by atoms with Crippen molar-refractivity contribution >= 4 is 45.4 Å². The van der Waals surface area contributed by atoms with Crippen LogP contribution in [-0.2, 0) is 4.79 Å². The molecule has 0 unspecified atom stereocenters. The Labute approximate surface area is 263 Å². The molecule has 5 aromatic rings. The van der Waals surface area contributed by atoms with E-state index >= 15 is 0 Å². The average molecular weight is 604 g/mol. The molecule has 0 spiro atoms. The van der Waals surface area contributed by atoms with Crippen molar-refractivity contribution in [3.05, 3.63) is 114 Å². The molecule has 6 rings (SSSR count). The molecule has 0 saturated carbocycles. The number of methoxy groups -OCH3 is 1. The van der Waals surface area contributed by atoms with E-state index in [1.54, 1.807) is 7.11 Å². The number of nitrogens with zero attached hydrogens (tertiary/aromatic N) is 3. The third-order valence-electron chi connectivity index (χ3n) is 8.29. The molecule has 1 aliphatic heterocycles. The van der Waals surface area contributed by atoms with E-state index in [2.05, 4.69) is 82.5 Å². The first-order chi connectivity index (χ1) is 21.1. The molecule has 44 heavy (non-hydrogen) atoms. The highest BCUT2D eigenvalue weighted by Crippen LogP contribution is 2.45. The van der Waals surface area contributed by atoms with Crippen LogP contribution in [0.3, 0.4) is 0 Å². The SMILES string of the molecule is COc1cc(N2C(=S)N[C@H](c3ccccn3)[C@H]2c2cc(C)n(-c3cccc4ccccc34)c2C)ccc1NC(=O)C(C)(C)C. The minimum absolute atomic E-state index is 0.0871. The Morgan fingerprint density at radius 3 is 2.45 bits per heavy atom. The van der Waals surface area contributed by atoms with E-state index in [0.717, 1.165) is 34.0 Å². The van der Waals surface area contributed by atoms with E-state index in [1.807, 2.05) is 63.4 Å². The lowest BCUT2D eigenvalue weighted by Crippen LogP contribution is -2.30. The number of rotatable bonds is 6. The zero-order chi connectivity index (χ0) is 31.2. The molecule has 0 radical (unpaired) electrons. The van der Waals surface area contributed by atoms with Crippen molar-refractivity contribution < 1.29 is 9.53 Å². The molecule has 2 N–H and O–H groups in total. The fraction of sp³-hybridized carbons (Fsp3) is 0.250. The normalized spacial score (nSPS) is 16.7. The van der Waals surface area contributed by atoms with Gasteiger partial charge in [-0.25, -0.2) is 0 Å². The van der Waals surface area contributed by atoms with Gasteiger partial charge >= 0.3 is 0 Å². The molecule has 224 valence electrons. The minimum Gasteiger partial charge on any atom is -0.494 e. The smallest absolute Gasteiger partial charge is 0.229 e. The number of carbonyl (C=O) groups excluding carboxylic acids is 1. The number of benzene rings is 3. The first kappa shape index (κ1) is 29.4. The largest absolute Gasteiger partial charge is 0.494 e. The van der Waals surface area contributed by atoms with Crippen LogP contribution in [0.5, 0.6) is 5.75 Å². The van der Waals surface area contributed by atoms with Crippen LogP contribution in [-0.4, -0.2) is 27.7 Å². The lowest BCUT2D eigenvalue weighted by molar-refractivity contribution is -0.123. The molecule has 8 heteroatoms. The summed E-state index contributed by atoms with van der Waals surface area (Å²) in [5.41, 5.74) is 6.36. The number of hydrogen-bond acceptors (Lipinski definition) is 4. The van der Waals surface area contributed by atoms with Gasteiger partial charge in [-0.05, 0) is 73.4 Å². The van der Waals surface area contributed by atoms with Crippen molar-refractivity contribution in [1.29, 1.82) is 0 Å². The highest BCUT2D eigenvalue weighted by molar-refractivity contribution is 7.80. The highest BCUT2D eigenvalue weighted by Gasteiger charge is 2.42. The van der Waals surface area contributed by atoms with Gasteiger partial charge in [0.1, 0.15) is 5.75 Å². The van der Waals surface area contributed by atoms with Crippen LogP contribution in [0, 0.1) is 19.3 Å². The molecule has 2 atom stereocenters. The summed E-state index contributed by atoms with van der Waals surface area (Å²) in [4.78, 5) is 19.7. The number of carbonyl (C=O) groups is 1. The Bertz CT molecular complexity index is 1870. The third kappa shape index (κ3) is 5.19. The second kappa shape index (κ2) is 11.4. The number of nitrogens with one attached hydrogen (secondary N) is 2. The molecule has 3 heterocycles. The fourth-order valence-electron chi connectivity index (χ4n) is 6.05. The van der Waals surface area contributed by atoms with Crippen LogP contribution >= 0.6 is 12.2 Å². The molecule has 1 aliphatic rings. The van der Waals surface area contributed by atoms with Crippen LogP contribution < -0.4 is 20.3 Å². The molecule has 1 amide bonds. The van der Waals surface area contributed by atoms with Gasteiger partial charge in [0.25, 0.3) is 0 Å². The van der Waals surface area contributed by atoms with Crippen LogP contribution in [0.15, 0.2) is 91.1 Å². The third-order valence-corrected chi connectivity index (χ3v) is 8.60. The van der Waals surface area contributed by atoms with Crippen LogP contribution in [0.1, 0.15) is 55.5 Å². The fourth-order valence-corrected chi connectivity index (χ4v) is 6.40. The Kier molecular flexibility index (Phi) is 7.63. The zero-order valence-corrected chi connectivity index (χ0v) is 26.7. The lowest BCUT2D eigenvalue weighted by Gasteiger charge is -2.29. The van der Waals surface area contributed by atoms with Crippen molar-refractivity contribution in [3.63, 3.8) is 0 Å². The molecule has 1 saturated heterocycles. The van der Waals surface area contributed by atoms with Crippen LogP contribution in [0.4, 0.5) is 11.4 Å². The first-order valence-corrected chi connectivity index (χ1v) is 15.2. The summed E-state index contributed by atoms with van der Waals surface area (Å²) in [6.45, 7) is 9.97. The molecule has 0 aliphatic carbocycles. The van der Waals surface area contributed by atoms with Crippen molar-refractivity contribution in [3.8, 4) is 11.4 Å². The number of pyridine rings is 1. The Morgan fingerprint density at radius 1 is 0.977 bits per heavy atom. The molecule has 3 aromatic carbocycles. The number of fused-ring (bicyclic) bond motifs is 1. The molecule has 7 nitrogen and oxygen atoms in total. The van der Waals surface area contributed by atoms with Gasteiger partial charge in [-0.15, -0.1) is 0 Å². The number of hydrogen-bond donors (Lipinski definition) is 2. The Balaban J connectivity index is 1.49. The lowest BCUT2D eigenvalue weighted by atomic mass is 9.95. The van der Waals surface area contributed by atoms with Crippen molar-refractivity contribution in [2.24, 2.45) is 5.41 Å². The van der Waals surface area contributed by atoms with Gasteiger partial charge in [0.15, 0.2) is 5.11 Å². The molecule has 0 bridgehead atoms. The summed E-state index contributed by atoms with van der Waals surface area (Å²) in [5.74, 6) is 0.472. The van der Waals surface area contributed by atoms with Crippen molar-refractivity contribution in [2.45, 2.75) is 46.7 Å². The van der Waals surface area contributed by atoms with E-state index in [-0.39, 0.29) is 18.0 Å². The highest BCUT2D eigenvalue weighted by atomic mass is 32.1. The topological polar surface area (TPSA) is 71.4 Å². The van der Waals surface area contributed by atoms with Gasteiger partial charge in [-0.2, -0.15) is 0 Å². The number of anilines is 2. The first-order valence-electron chi connectivity index (χ1n) is 14.8. The monoisotopic (exact) mass is 603 g/mol. The summed E-state index contributed by atoms with van der Waals surface area (Å²) in [7, 11) is 1.61. The summed E-state index contributed by atoms with van der Waals surface area (Å²) < 4.78 is 8.10. The average Bonchev–Trinajstić information content (AvgIpc) is 3.51. The Morgan fingerprint density at radius 2 is 1.73 bits per heavy atom. The van der Waals surface area contributed by atoms with Crippen LogP contribution in [0.25, 0.3) is 16.5 Å². The van der Waals surface area contributed by atoms with E-state index in [4.69, 9.17) is 21.9 Å². The maximum atomic E-state index is 12.8. The minimum atomic E-state index is -0.544. The second-order valence-corrected chi connectivity index (χ2v) is 12.6. The van der Waals surface area contributed by atoms with Gasteiger partial charge in [0, 0.05) is 40.1 Å². The summed E-state index contributed by atoms with van der Waals surface area (Å²) in [6.07, 6.45) is 1.81. The van der Waals surface area contributed by atoms with Crippen LogP contribution in [0.2, 0.25) is 0 Å². The quantitative estimate of drug-likeness (QED) is 0.193. The number of aromatic nitrogens is 2. The zero-order valence-electron chi connectivity index (χ0n) is 25.9. The number of amides is 1. The number of ether oxygens (including phenoxy) is 1. The number of thiocarbonyl (C=S) groups is 1. The predicted molar refractivity (Wildman–Crippen MR) is 182 cm³/mol. The van der Waals surface area contributed by atoms with Crippen molar-refractivity contribution in [1.82, 2.24) is 14.9 Å². The predicted octanol–water partition coefficient (Wildman–Crippen LogP) is 7.81. The summed E-state index contributed by atoms with van der Waals surface area (Å²) >= 11 is 6.02. The summed E-state index contributed by atoms with van der Waals surface area (Å²) in [5, 5.41) is 9.57. The van der Waals surface area contributed by atoms with Gasteiger partial charge in [-0.1, -0.05) is 63.2 Å². The van der Waals surface area contributed by atoms with Crippen molar-refractivity contribution in [2.75, 3.05) is 17.3 Å². The van der Waals surface area contributed by atoms with E-state index in [9.17, 15) is 4.79 Å². The molecular weight excluding hydrogens is 566 g/mol. The molecule has 1 fully saturated rings. The van der Waals surface area contributed by atoms with Gasteiger partial charge in [0.2, 0.25) is 5.91 Å². The van der Waals surface area contributed by atoms with E-state index in [0.29, 0.717) is 16.5 Å². The Hall–Kier alpha value is -4.69. The maximum Gasteiger partial charge on any atom is 0.229 e. The van der Waals surface area contributed by atoms with E-state index in [1.165, 1.54) is 10.8 Å². The summed E-state index contributed by atoms with van der Waals surface area (Å²) in [6, 6.07) is 28.5. The maximum absolute atomic E-state index is 12.8. The molecule has 2 aromatic heterocycles. The van der Waals surface area contributed by atoms with Gasteiger partial charge in [-0.3, -0.25) is 9.78 Å². The van der Waals surface area contributed by atoms with Gasteiger partial charge < -0.3 is 24.8 Å². The standard InChI is InChI=1S/C36H37N5O2S/c1-22-20-27(23(2)40(22)30-16-11-13-24-12-7-8-14-26(24)30)33-32(29-15-9-10-19-37-29)39-35(44)41(33)25-17-18-28(31(21-25)43-6)38-34(42)36(3,4)5/h7-21,32-33H,1-6H3,(H,38,42)(H,39,44)/t32-,33-/m1/s1. The molecular formula is C36H37N5O2S. The van der Waals surface area contributed by atoms with E-state index < -0.39 is 5.41 Å². The second-order valence-electron chi connectivity index (χ2n) is 12.2. The van der Waals surface area contributed by atoms with Gasteiger partial charge in [0.05, 0.1) is 36.3 Å².